The summed E-state index contributed by atoms with van der Waals surface area (Å²) < 4.78 is 15.5. The first kappa shape index (κ1) is 16.7. The first-order valence-electron chi connectivity index (χ1n) is 7.65. The van der Waals surface area contributed by atoms with Crippen LogP contribution in [0.5, 0.6) is 0 Å². The predicted octanol–water partition coefficient (Wildman–Crippen LogP) is 0.218. The highest BCUT2D eigenvalue weighted by atomic mass is 19.1. The van der Waals surface area contributed by atoms with Crippen LogP contribution in [0.1, 0.15) is 29.0 Å². The van der Waals surface area contributed by atoms with Crippen molar-refractivity contribution in [2.24, 2.45) is 0 Å². The molecule has 9 heteroatoms. The summed E-state index contributed by atoms with van der Waals surface area (Å²) in [4.78, 5) is 50.5. The fourth-order valence-electron chi connectivity index (χ4n) is 2.85. The summed E-state index contributed by atoms with van der Waals surface area (Å²) in [5, 5.41) is 4.64. The minimum atomic E-state index is -0.873. The van der Waals surface area contributed by atoms with Gasteiger partial charge >= 0.3 is 0 Å². The third-order valence-electron chi connectivity index (χ3n) is 4.06. The molecule has 1 aromatic heterocycles. The Balaban J connectivity index is 1.96. The number of halogens is 1. The minimum absolute atomic E-state index is 0.0139. The average molecular weight is 346 g/mol. The van der Waals surface area contributed by atoms with Gasteiger partial charge in [0.25, 0.3) is 5.91 Å². The van der Waals surface area contributed by atoms with Crippen molar-refractivity contribution in [1.29, 1.82) is 0 Å². The molecule has 2 N–H and O–H groups in total. The van der Waals surface area contributed by atoms with E-state index in [0.29, 0.717) is 17.6 Å². The number of imide groups is 1. The fourth-order valence-corrected chi connectivity index (χ4v) is 2.85. The second-order valence-electron chi connectivity index (χ2n) is 5.73. The van der Waals surface area contributed by atoms with Crippen LogP contribution in [0.3, 0.4) is 0 Å². The zero-order chi connectivity index (χ0) is 18.1. The maximum Gasteiger partial charge on any atom is 0.254 e. The third kappa shape index (κ3) is 3.12. The summed E-state index contributed by atoms with van der Waals surface area (Å²) in [6.07, 6.45) is 0.942. The molecule has 3 rings (SSSR count). The number of benzene rings is 1. The van der Waals surface area contributed by atoms with Gasteiger partial charge in [-0.05, 0) is 25.5 Å². The Morgan fingerprint density at radius 3 is 2.92 bits per heavy atom. The quantitative estimate of drug-likeness (QED) is 0.608. The van der Waals surface area contributed by atoms with E-state index in [2.05, 4.69) is 15.6 Å². The molecule has 130 valence electrons. The lowest BCUT2D eigenvalue weighted by molar-refractivity contribution is -0.134. The molecule has 1 aromatic carbocycles. The topological polar surface area (TPSA) is 110 Å². The molecule has 0 aliphatic carbocycles. The summed E-state index contributed by atoms with van der Waals surface area (Å²) in [5.41, 5.74) is 0.524. The van der Waals surface area contributed by atoms with Gasteiger partial charge in [0.1, 0.15) is 29.5 Å². The van der Waals surface area contributed by atoms with Gasteiger partial charge in [-0.15, -0.1) is 0 Å². The third-order valence-corrected chi connectivity index (χ3v) is 4.06. The summed E-state index contributed by atoms with van der Waals surface area (Å²) >= 11 is 0. The van der Waals surface area contributed by atoms with Crippen LogP contribution in [0.2, 0.25) is 0 Å². The number of amides is 3. The lowest BCUT2D eigenvalue weighted by Gasteiger charge is -2.21. The van der Waals surface area contributed by atoms with Gasteiger partial charge in [0.15, 0.2) is 0 Å². The van der Waals surface area contributed by atoms with Gasteiger partial charge in [-0.1, -0.05) is 0 Å². The molecule has 1 atom stereocenters. The molecular weight excluding hydrogens is 331 g/mol. The number of nitrogens with one attached hydrogen (secondary N) is 2. The van der Waals surface area contributed by atoms with Crippen molar-refractivity contribution in [3.8, 4) is 0 Å². The number of carbonyl (C=O) groups is 4. The van der Waals surface area contributed by atoms with Crippen LogP contribution >= 0.6 is 0 Å². The standard InChI is InChI=1S/C16H15FN4O4/c1-8-18-14-10(6-9(17)7-12(14)21(8)4-5-22)15(24)19-11-2-3-13(23)20-16(11)25/h5-7,11H,2-4H2,1H3,(H,19,24)(H,20,23,25). The summed E-state index contributed by atoms with van der Waals surface area (Å²) in [7, 11) is 0. The molecule has 2 aromatic rings. The molecule has 1 fully saturated rings. The van der Waals surface area contributed by atoms with Crippen molar-refractivity contribution in [3.05, 3.63) is 29.3 Å². The van der Waals surface area contributed by atoms with Gasteiger partial charge in [0.05, 0.1) is 17.6 Å². The van der Waals surface area contributed by atoms with Gasteiger partial charge in [-0.25, -0.2) is 9.37 Å². The summed E-state index contributed by atoms with van der Waals surface area (Å²) in [5.74, 6) is -1.86. The molecule has 3 amide bonds. The van der Waals surface area contributed by atoms with E-state index in [1.54, 1.807) is 6.92 Å². The number of nitrogens with zero attached hydrogens (tertiary/aromatic N) is 2. The molecule has 1 unspecified atom stereocenters. The van der Waals surface area contributed by atoms with Crippen LogP contribution in [0.15, 0.2) is 12.1 Å². The van der Waals surface area contributed by atoms with E-state index in [0.717, 1.165) is 6.07 Å². The van der Waals surface area contributed by atoms with E-state index in [1.165, 1.54) is 10.6 Å². The van der Waals surface area contributed by atoms with Crippen molar-refractivity contribution in [2.75, 3.05) is 0 Å². The van der Waals surface area contributed by atoms with E-state index >= 15 is 0 Å². The molecule has 0 spiro atoms. The minimum Gasteiger partial charge on any atom is -0.340 e. The van der Waals surface area contributed by atoms with E-state index in [9.17, 15) is 23.6 Å². The maximum atomic E-state index is 14.0. The van der Waals surface area contributed by atoms with Gasteiger partial charge in [0, 0.05) is 6.42 Å². The number of fused-ring (bicyclic) bond motifs is 1. The van der Waals surface area contributed by atoms with Crippen LogP contribution in [0.25, 0.3) is 11.0 Å². The molecule has 1 aliphatic heterocycles. The number of carbonyl (C=O) groups excluding carboxylic acids is 4. The largest absolute Gasteiger partial charge is 0.340 e. The summed E-state index contributed by atoms with van der Waals surface area (Å²) in [6.45, 7) is 1.63. The van der Waals surface area contributed by atoms with E-state index in [-0.39, 0.29) is 30.5 Å². The number of aldehydes is 1. The van der Waals surface area contributed by atoms with Crippen LogP contribution in [0, 0.1) is 12.7 Å². The Morgan fingerprint density at radius 2 is 2.24 bits per heavy atom. The SMILES string of the molecule is Cc1nc2c(C(=O)NC3CCC(=O)NC3=O)cc(F)cc2n1CC=O. The molecule has 0 radical (unpaired) electrons. The number of aryl methyl sites for hydroxylation is 1. The number of aromatic nitrogens is 2. The highest BCUT2D eigenvalue weighted by Gasteiger charge is 2.29. The lowest BCUT2D eigenvalue weighted by Crippen LogP contribution is -2.52. The fraction of sp³-hybridized carbons (Fsp3) is 0.312. The molecule has 0 saturated carbocycles. The van der Waals surface area contributed by atoms with Crippen molar-refractivity contribution >= 4 is 35.0 Å². The Hall–Kier alpha value is -3.10. The first-order valence-corrected chi connectivity index (χ1v) is 7.65. The molecule has 1 saturated heterocycles. The zero-order valence-electron chi connectivity index (χ0n) is 13.3. The van der Waals surface area contributed by atoms with E-state index in [4.69, 9.17) is 0 Å². The number of piperidine rings is 1. The molecule has 8 nitrogen and oxygen atoms in total. The Morgan fingerprint density at radius 1 is 1.48 bits per heavy atom. The Labute approximate surface area is 141 Å². The lowest BCUT2D eigenvalue weighted by atomic mass is 10.1. The number of hydrogen-bond acceptors (Lipinski definition) is 5. The smallest absolute Gasteiger partial charge is 0.254 e. The molecule has 25 heavy (non-hydrogen) atoms. The van der Waals surface area contributed by atoms with Crippen LogP contribution < -0.4 is 10.6 Å². The maximum absolute atomic E-state index is 14.0. The van der Waals surface area contributed by atoms with Crippen molar-refractivity contribution < 1.29 is 23.6 Å². The number of rotatable bonds is 4. The van der Waals surface area contributed by atoms with E-state index < -0.39 is 29.6 Å². The van der Waals surface area contributed by atoms with Crippen LogP contribution in [-0.4, -0.2) is 39.6 Å². The number of hydrogen-bond donors (Lipinski definition) is 2. The zero-order valence-corrected chi connectivity index (χ0v) is 13.3. The van der Waals surface area contributed by atoms with Gasteiger partial charge in [0.2, 0.25) is 11.8 Å². The highest BCUT2D eigenvalue weighted by molar-refractivity contribution is 6.08. The van der Waals surface area contributed by atoms with E-state index in [1.807, 2.05) is 0 Å². The van der Waals surface area contributed by atoms with Gasteiger partial charge < -0.3 is 14.7 Å². The van der Waals surface area contributed by atoms with Crippen molar-refractivity contribution in [1.82, 2.24) is 20.2 Å². The van der Waals surface area contributed by atoms with Crippen LogP contribution in [-0.2, 0) is 20.9 Å². The Kier molecular flexibility index (Phi) is 4.30. The monoisotopic (exact) mass is 346 g/mol. The van der Waals surface area contributed by atoms with Crippen molar-refractivity contribution in [2.45, 2.75) is 32.4 Å². The molecule has 0 bridgehead atoms. The van der Waals surface area contributed by atoms with Gasteiger partial charge in [-0.2, -0.15) is 0 Å². The molecule has 1 aliphatic rings. The molecule has 2 heterocycles. The van der Waals surface area contributed by atoms with Crippen LogP contribution in [0.4, 0.5) is 4.39 Å². The average Bonchev–Trinajstić information content (AvgIpc) is 2.86. The second kappa shape index (κ2) is 6.42. The molecular formula is C16H15FN4O4. The normalized spacial score (nSPS) is 17.4. The summed E-state index contributed by atoms with van der Waals surface area (Å²) in [6, 6.07) is 1.35. The number of imidazole rings is 1. The second-order valence-corrected chi connectivity index (χ2v) is 5.73. The van der Waals surface area contributed by atoms with Gasteiger partial charge in [-0.3, -0.25) is 19.7 Å². The first-order chi connectivity index (χ1) is 11.9. The highest BCUT2D eigenvalue weighted by Crippen LogP contribution is 2.22. The Bertz CT molecular complexity index is 905. The van der Waals surface area contributed by atoms with Crippen molar-refractivity contribution in [3.63, 3.8) is 0 Å². The predicted molar refractivity (Wildman–Crippen MR) is 84.1 cm³/mol.